The maximum absolute atomic E-state index is 12.7. The van der Waals surface area contributed by atoms with E-state index in [0.29, 0.717) is 0 Å². The summed E-state index contributed by atoms with van der Waals surface area (Å²) < 4.78 is 164. The molecule has 0 atom stereocenters. The molecule has 0 N–H and O–H groups in total. The molecule has 0 heterocycles. The molecule has 0 spiro atoms. The molecule has 0 bridgehead atoms. The molecule has 0 fully saturated rings. The van der Waals surface area contributed by atoms with E-state index in [1.807, 2.05) is 0 Å². The summed E-state index contributed by atoms with van der Waals surface area (Å²) in [7, 11) is 0. The molecule has 0 aliphatic carbocycles. The van der Waals surface area contributed by atoms with E-state index in [9.17, 15) is 67.0 Å². The van der Waals surface area contributed by atoms with E-state index >= 15 is 0 Å². The van der Waals surface area contributed by atoms with Crippen molar-refractivity contribution in [1.82, 2.24) is 0 Å². The molecule has 0 radical (unpaired) electrons. The average molecular weight is 411 g/mol. The highest BCUT2D eigenvalue weighted by Gasteiger charge is 2.74. The number of aliphatic carboxylic acids is 1. The summed E-state index contributed by atoms with van der Waals surface area (Å²) in [6.45, 7) is 0. The first kappa shape index (κ1) is 23.4. The summed E-state index contributed by atoms with van der Waals surface area (Å²) >= 11 is 0. The molecule has 0 saturated carbocycles. The van der Waals surface area contributed by atoms with Gasteiger partial charge in [-0.2, -0.15) is 43.9 Å². The normalized spacial score (nSPS) is 15.4. The monoisotopic (exact) mass is 411 g/mol. The van der Waals surface area contributed by atoms with Gasteiger partial charge in [0.15, 0.2) is 0 Å². The first-order chi connectivity index (χ1) is 10.6. The van der Waals surface area contributed by atoms with Crippen LogP contribution in [-0.2, 0) is 19.0 Å². The van der Waals surface area contributed by atoms with E-state index in [1.54, 1.807) is 4.74 Å². The van der Waals surface area contributed by atoms with Crippen LogP contribution in [0.15, 0.2) is 0 Å². The Morgan fingerprint density at radius 3 is 1.12 bits per heavy atom. The van der Waals surface area contributed by atoms with Crippen LogP contribution in [0.2, 0.25) is 0 Å². The third-order valence-electron chi connectivity index (χ3n) is 1.67. The second-order valence-corrected chi connectivity index (χ2v) is 3.62. The van der Waals surface area contributed by atoms with E-state index in [0.717, 1.165) is 0 Å². The Hall–Kier alpha value is -1.56. The third-order valence-corrected chi connectivity index (χ3v) is 1.67. The standard InChI is InChI=1S/C7HF13O5/c8-2(9,1(21)22)23-3(10,11)4(12,13)24-5(14,15)6(16,17)25-7(18,19)20/h(H,21,22)/p-1. The number of hydrogen-bond acceptors (Lipinski definition) is 5. The number of rotatable bonds is 8. The Morgan fingerprint density at radius 1 is 0.560 bits per heavy atom. The van der Waals surface area contributed by atoms with E-state index in [4.69, 9.17) is 0 Å². The number of hydrogen-bond donors (Lipinski definition) is 0. The minimum atomic E-state index is -7.20. The molecule has 0 aromatic rings. The van der Waals surface area contributed by atoms with Crippen LogP contribution in [-0.4, -0.2) is 42.9 Å². The van der Waals surface area contributed by atoms with Crippen molar-refractivity contribution in [2.75, 3.05) is 0 Å². The Morgan fingerprint density at radius 2 is 0.840 bits per heavy atom. The Labute approximate surface area is 125 Å². The molecule has 5 nitrogen and oxygen atoms in total. The first-order valence-corrected chi connectivity index (χ1v) is 4.84. The second-order valence-electron chi connectivity index (χ2n) is 3.62. The van der Waals surface area contributed by atoms with Crippen LogP contribution >= 0.6 is 0 Å². The average Bonchev–Trinajstić information content (AvgIpc) is 2.21. The molecule has 0 aromatic heterocycles. The highest BCUT2D eigenvalue weighted by atomic mass is 19.4. The molecule has 25 heavy (non-hydrogen) atoms. The fourth-order valence-electron chi connectivity index (χ4n) is 0.747. The number of carbonyl (C=O) groups excluding carboxylic acids is 1. The van der Waals surface area contributed by atoms with E-state index in [1.165, 1.54) is 9.47 Å². The molecule has 0 saturated heterocycles. The van der Waals surface area contributed by atoms with Crippen molar-refractivity contribution < 1.29 is 81.2 Å². The van der Waals surface area contributed by atoms with Gasteiger partial charge in [0, 0.05) is 0 Å². The Balaban J connectivity index is 5.55. The van der Waals surface area contributed by atoms with Gasteiger partial charge < -0.3 is 9.90 Å². The van der Waals surface area contributed by atoms with Crippen LogP contribution in [0.5, 0.6) is 0 Å². The smallest absolute Gasteiger partial charge is 0.527 e. The highest BCUT2D eigenvalue weighted by molar-refractivity contribution is 5.71. The molecule has 0 aliphatic heterocycles. The van der Waals surface area contributed by atoms with Gasteiger partial charge in [-0.1, -0.05) is 0 Å². The summed E-state index contributed by atoms with van der Waals surface area (Å²) in [6, 6.07) is 0. The zero-order valence-corrected chi connectivity index (χ0v) is 10.5. The van der Waals surface area contributed by atoms with Crippen molar-refractivity contribution in [1.29, 1.82) is 0 Å². The van der Waals surface area contributed by atoms with Crippen LogP contribution in [0, 0.1) is 0 Å². The molecule has 0 aromatic carbocycles. The van der Waals surface area contributed by atoms with E-state index < -0.39 is 42.9 Å². The van der Waals surface area contributed by atoms with Crippen molar-refractivity contribution in [2.45, 2.75) is 36.9 Å². The lowest BCUT2D eigenvalue weighted by Gasteiger charge is -2.33. The number of halogens is 13. The Bertz CT molecular complexity index is 497. The van der Waals surface area contributed by atoms with Crippen molar-refractivity contribution in [2.24, 2.45) is 0 Å². The van der Waals surface area contributed by atoms with Gasteiger partial charge in [-0.3, -0.25) is 0 Å². The predicted molar refractivity (Wildman–Crippen MR) is 39.1 cm³/mol. The van der Waals surface area contributed by atoms with Crippen LogP contribution in [0.1, 0.15) is 0 Å². The number of carboxylic acids is 1. The number of carboxylic acid groups (broad SMARTS) is 1. The lowest BCUT2D eigenvalue weighted by molar-refractivity contribution is -0.563. The van der Waals surface area contributed by atoms with Gasteiger partial charge in [0.25, 0.3) is 0 Å². The molecular weight excluding hydrogens is 411 g/mol. The van der Waals surface area contributed by atoms with E-state index in [-0.39, 0.29) is 0 Å². The predicted octanol–water partition coefficient (Wildman–Crippen LogP) is 2.27. The van der Waals surface area contributed by atoms with Crippen LogP contribution in [0.4, 0.5) is 57.1 Å². The van der Waals surface area contributed by atoms with Gasteiger partial charge in [0.05, 0.1) is 0 Å². The molecule has 0 amide bonds. The fraction of sp³-hybridized carbons (Fsp3) is 0.857. The van der Waals surface area contributed by atoms with Crippen LogP contribution in [0.25, 0.3) is 0 Å². The third kappa shape index (κ3) is 5.73. The summed E-state index contributed by atoms with van der Waals surface area (Å²) in [4.78, 5) is 9.61. The van der Waals surface area contributed by atoms with Gasteiger partial charge in [-0.15, -0.1) is 13.2 Å². The second kappa shape index (κ2) is 6.31. The van der Waals surface area contributed by atoms with Crippen molar-refractivity contribution in [3.63, 3.8) is 0 Å². The van der Waals surface area contributed by atoms with Crippen LogP contribution in [0.3, 0.4) is 0 Å². The van der Waals surface area contributed by atoms with Gasteiger partial charge in [-0.05, 0) is 0 Å². The molecule has 0 unspecified atom stereocenters. The maximum Gasteiger partial charge on any atom is 0.527 e. The van der Waals surface area contributed by atoms with Gasteiger partial charge in [0.2, 0.25) is 0 Å². The maximum atomic E-state index is 12.7. The van der Waals surface area contributed by atoms with Crippen molar-refractivity contribution in [3.8, 4) is 0 Å². The van der Waals surface area contributed by atoms with Crippen LogP contribution < -0.4 is 5.11 Å². The zero-order chi connectivity index (χ0) is 20.7. The molecule has 150 valence electrons. The highest BCUT2D eigenvalue weighted by Crippen LogP contribution is 2.48. The lowest BCUT2D eigenvalue weighted by Crippen LogP contribution is -2.58. The van der Waals surface area contributed by atoms with E-state index in [2.05, 4.69) is 0 Å². The minimum absolute atomic E-state index is 1.41. The molecular formula is C7F13O5-. The first-order valence-electron chi connectivity index (χ1n) is 4.84. The minimum Gasteiger partial charge on any atom is -0.542 e. The largest absolute Gasteiger partial charge is 0.542 e. The quantitative estimate of drug-likeness (QED) is 0.574. The summed E-state index contributed by atoms with van der Waals surface area (Å²) in [5, 5.41) is 9.61. The fourth-order valence-corrected chi connectivity index (χ4v) is 0.747. The Kier molecular flexibility index (Phi) is 5.91. The topological polar surface area (TPSA) is 67.8 Å². The number of carbonyl (C=O) groups is 1. The molecule has 0 rings (SSSR count). The summed E-state index contributed by atoms with van der Waals surface area (Å²) in [5.74, 6) is -3.89. The summed E-state index contributed by atoms with van der Waals surface area (Å²) in [5.41, 5.74) is 0. The van der Waals surface area contributed by atoms with Gasteiger partial charge in [-0.25, -0.2) is 14.2 Å². The van der Waals surface area contributed by atoms with Gasteiger partial charge in [0.1, 0.15) is 5.97 Å². The zero-order valence-electron chi connectivity index (χ0n) is 10.5. The molecule has 0 aliphatic rings. The molecule has 18 heteroatoms. The number of ether oxygens (including phenoxy) is 3. The number of alkyl halides is 13. The van der Waals surface area contributed by atoms with Crippen molar-refractivity contribution >= 4 is 5.97 Å². The summed E-state index contributed by atoms with van der Waals surface area (Å²) in [6.07, 6.45) is -41.4. The lowest BCUT2D eigenvalue weighted by atomic mass is 10.5. The van der Waals surface area contributed by atoms with Crippen molar-refractivity contribution in [3.05, 3.63) is 0 Å². The SMILES string of the molecule is O=C([O-])C(F)(F)OC(F)(F)C(F)(F)OC(F)(F)C(F)(F)OC(F)(F)F. The van der Waals surface area contributed by atoms with Gasteiger partial charge >= 0.3 is 36.9 Å².